The Kier molecular flexibility index (Phi) is 7.21. The molecule has 7 heteroatoms. The summed E-state index contributed by atoms with van der Waals surface area (Å²) < 4.78 is 11.2. The van der Waals surface area contributed by atoms with Crippen molar-refractivity contribution in [2.45, 2.75) is 51.7 Å². The topological polar surface area (TPSA) is 80.5 Å². The maximum absolute atomic E-state index is 12.4. The molecular formula is C20H28N4O3. The first-order chi connectivity index (χ1) is 13.3. The van der Waals surface area contributed by atoms with Crippen molar-refractivity contribution in [3.63, 3.8) is 0 Å². The summed E-state index contributed by atoms with van der Waals surface area (Å²) in [6.45, 7) is 4.53. The van der Waals surface area contributed by atoms with Gasteiger partial charge in [0.15, 0.2) is 5.82 Å². The van der Waals surface area contributed by atoms with Crippen LogP contribution < -0.4 is 5.32 Å². The second-order valence-electron chi connectivity index (χ2n) is 6.77. The molecule has 0 bridgehead atoms. The minimum atomic E-state index is -0.137. The molecule has 146 valence electrons. The van der Waals surface area contributed by atoms with Crippen LogP contribution in [0.4, 0.5) is 4.79 Å². The zero-order valence-electron chi connectivity index (χ0n) is 15.9. The van der Waals surface area contributed by atoms with Crippen LogP contribution in [0, 0.1) is 0 Å². The molecule has 1 aliphatic rings. The predicted octanol–water partition coefficient (Wildman–Crippen LogP) is 3.48. The molecule has 1 fully saturated rings. The summed E-state index contributed by atoms with van der Waals surface area (Å²) in [5, 5.41) is 7.01. The summed E-state index contributed by atoms with van der Waals surface area (Å²) >= 11 is 0. The van der Waals surface area contributed by atoms with Crippen molar-refractivity contribution >= 4 is 6.03 Å². The van der Waals surface area contributed by atoms with Gasteiger partial charge >= 0.3 is 6.03 Å². The molecule has 0 radical (unpaired) electrons. The van der Waals surface area contributed by atoms with Crippen LogP contribution in [0.25, 0.3) is 0 Å². The molecule has 7 nitrogen and oxygen atoms in total. The molecule has 1 atom stereocenters. The van der Waals surface area contributed by atoms with Crippen molar-refractivity contribution in [3.8, 4) is 0 Å². The Hall–Kier alpha value is -2.41. The maximum Gasteiger partial charge on any atom is 0.318 e. The Bertz CT molecular complexity index is 704. The van der Waals surface area contributed by atoms with Crippen LogP contribution in [0.15, 0.2) is 34.9 Å². The van der Waals surface area contributed by atoms with Gasteiger partial charge in [-0.15, -0.1) is 0 Å². The van der Waals surface area contributed by atoms with E-state index in [4.69, 9.17) is 9.26 Å². The summed E-state index contributed by atoms with van der Waals surface area (Å²) in [5.41, 5.74) is 1.14. The van der Waals surface area contributed by atoms with E-state index in [1.54, 1.807) is 0 Å². The highest BCUT2D eigenvalue weighted by Crippen LogP contribution is 2.29. The zero-order chi connectivity index (χ0) is 18.9. The van der Waals surface area contributed by atoms with Crippen LogP contribution in [0.2, 0.25) is 0 Å². The number of nitrogens with zero attached hydrogens (tertiary/aromatic N) is 3. The monoisotopic (exact) mass is 372 g/mol. The van der Waals surface area contributed by atoms with E-state index in [1.165, 1.54) is 0 Å². The first-order valence-corrected chi connectivity index (χ1v) is 9.76. The van der Waals surface area contributed by atoms with Gasteiger partial charge in [0.1, 0.15) is 6.04 Å². The third kappa shape index (κ3) is 5.53. The second kappa shape index (κ2) is 10.1. The summed E-state index contributed by atoms with van der Waals surface area (Å²) in [5.74, 6) is 1.15. The molecule has 3 rings (SSSR count). The highest BCUT2D eigenvalue weighted by atomic mass is 16.5. The van der Waals surface area contributed by atoms with Gasteiger partial charge in [0.25, 0.3) is 0 Å². The molecule has 1 saturated heterocycles. The molecule has 0 spiro atoms. The molecule has 0 aliphatic carbocycles. The zero-order valence-corrected chi connectivity index (χ0v) is 15.9. The van der Waals surface area contributed by atoms with Gasteiger partial charge in [0.2, 0.25) is 5.89 Å². The molecule has 27 heavy (non-hydrogen) atoms. The maximum atomic E-state index is 12.4. The van der Waals surface area contributed by atoms with Crippen molar-refractivity contribution < 1.29 is 14.1 Å². The number of likely N-dealkylation sites (tertiary alicyclic amines) is 1. The van der Waals surface area contributed by atoms with Crippen molar-refractivity contribution in [2.75, 3.05) is 19.7 Å². The standard InChI is InChI=1S/C20H28N4O3/c1-2-12-21-20(25)24-13-7-6-10-17(24)19-22-18(23-27-19)11-14-26-15-16-8-4-3-5-9-16/h3-5,8-9,17H,2,6-7,10-15H2,1H3,(H,21,25). The summed E-state index contributed by atoms with van der Waals surface area (Å²) in [6, 6.07) is 9.87. The number of rotatable bonds is 8. The molecule has 1 unspecified atom stereocenters. The van der Waals surface area contributed by atoms with Gasteiger partial charge < -0.3 is 19.5 Å². The molecular weight excluding hydrogens is 344 g/mol. The first kappa shape index (κ1) is 19.4. The Morgan fingerprint density at radius 1 is 1.33 bits per heavy atom. The fourth-order valence-corrected chi connectivity index (χ4v) is 3.20. The lowest BCUT2D eigenvalue weighted by Gasteiger charge is -2.33. The third-order valence-electron chi connectivity index (χ3n) is 4.64. The van der Waals surface area contributed by atoms with Crippen molar-refractivity contribution in [1.82, 2.24) is 20.4 Å². The van der Waals surface area contributed by atoms with E-state index < -0.39 is 0 Å². The number of carbonyl (C=O) groups is 1. The SMILES string of the molecule is CCCNC(=O)N1CCCCC1c1nc(CCOCc2ccccc2)no1. The van der Waals surface area contributed by atoms with Gasteiger partial charge in [0, 0.05) is 19.5 Å². The summed E-state index contributed by atoms with van der Waals surface area (Å²) in [4.78, 5) is 18.7. The van der Waals surface area contributed by atoms with Crippen molar-refractivity contribution in [3.05, 3.63) is 47.6 Å². The molecule has 2 heterocycles. The van der Waals surface area contributed by atoms with Gasteiger partial charge in [0.05, 0.1) is 13.2 Å². The van der Waals surface area contributed by atoms with Gasteiger partial charge in [-0.3, -0.25) is 0 Å². The van der Waals surface area contributed by atoms with E-state index in [2.05, 4.69) is 15.5 Å². The van der Waals surface area contributed by atoms with Crippen molar-refractivity contribution in [1.29, 1.82) is 0 Å². The fourth-order valence-electron chi connectivity index (χ4n) is 3.20. The minimum Gasteiger partial charge on any atom is -0.376 e. The average molecular weight is 372 g/mol. The average Bonchev–Trinajstić information content (AvgIpc) is 3.19. The number of hydrogen-bond acceptors (Lipinski definition) is 5. The minimum absolute atomic E-state index is 0.0486. The molecule has 1 aromatic heterocycles. The van der Waals surface area contributed by atoms with Crippen LogP contribution in [0.1, 0.15) is 55.9 Å². The molecule has 1 aromatic carbocycles. The Balaban J connectivity index is 1.51. The van der Waals surface area contributed by atoms with Crippen LogP contribution >= 0.6 is 0 Å². The van der Waals surface area contributed by atoms with E-state index in [-0.39, 0.29) is 12.1 Å². The van der Waals surface area contributed by atoms with Gasteiger partial charge in [-0.05, 0) is 31.2 Å². The second-order valence-corrected chi connectivity index (χ2v) is 6.77. The van der Waals surface area contributed by atoms with E-state index in [9.17, 15) is 4.79 Å². The van der Waals surface area contributed by atoms with Gasteiger partial charge in [-0.25, -0.2) is 4.79 Å². The van der Waals surface area contributed by atoms with Crippen molar-refractivity contribution in [2.24, 2.45) is 0 Å². The lowest BCUT2D eigenvalue weighted by atomic mass is 10.0. The Morgan fingerprint density at radius 2 is 2.19 bits per heavy atom. The Labute approximate surface area is 160 Å². The van der Waals surface area contributed by atoms with Gasteiger partial charge in [-0.1, -0.05) is 42.4 Å². The lowest BCUT2D eigenvalue weighted by Crippen LogP contribution is -2.44. The van der Waals surface area contributed by atoms with Gasteiger partial charge in [-0.2, -0.15) is 4.98 Å². The number of urea groups is 1. The number of aromatic nitrogens is 2. The normalized spacial score (nSPS) is 17.1. The largest absolute Gasteiger partial charge is 0.376 e. The van der Waals surface area contributed by atoms with Crippen LogP contribution in [-0.4, -0.2) is 40.8 Å². The Morgan fingerprint density at radius 3 is 3.00 bits per heavy atom. The highest BCUT2D eigenvalue weighted by molar-refractivity contribution is 5.74. The van der Waals surface area contributed by atoms with E-state index in [1.807, 2.05) is 42.2 Å². The van der Waals surface area contributed by atoms with E-state index in [0.717, 1.165) is 37.8 Å². The van der Waals surface area contributed by atoms with E-state index in [0.29, 0.717) is 37.9 Å². The van der Waals surface area contributed by atoms with E-state index >= 15 is 0 Å². The number of benzene rings is 1. The predicted molar refractivity (Wildman–Crippen MR) is 101 cm³/mol. The quantitative estimate of drug-likeness (QED) is 0.718. The smallest absolute Gasteiger partial charge is 0.318 e. The highest BCUT2D eigenvalue weighted by Gasteiger charge is 2.31. The van der Waals surface area contributed by atoms with Crippen LogP contribution in [0.5, 0.6) is 0 Å². The summed E-state index contributed by atoms with van der Waals surface area (Å²) in [7, 11) is 0. The van der Waals surface area contributed by atoms with Crippen LogP contribution in [0.3, 0.4) is 0 Å². The number of nitrogens with one attached hydrogen (secondary N) is 1. The number of carbonyl (C=O) groups excluding carboxylic acids is 1. The first-order valence-electron chi connectivity index (χ1n) is 9.76. The number of ether oxygens (including phenoxy) is 1. The molecule has 1 aliphatic heterocycles. The molecule has 2 aromatic rings. The summed E-state index contributed by atoms with van der Waals surface area (Å²) in [6.07, 6.45) is 4.42. The number of amides is 2. The lowest BCUT2D eigenvalue weighted by molar-refractivity contribution is 0.122. The number of piperidine rings is 1. The molecule has 1 N–H and O–H groups in total. The third-order valence-corrected chi connectivity index (χ3v) is 4.64. The fraction of sp³-hybridized carbons (Fsp3) is 0.550. The number of hydrogen-bond donors (Lipinski definition) is 1. The molecule has 0 saturated carbocycles. The molecule has 2 amide bonds. The van der Waals surface area contributed by atoms with Crippen LogP contribution in [-0.2, 0) is 17.8 Å².